The van der Waals surface area contributed by atoms with Crippen LogP contribution >= 0.6 is 0 Å². The number of nitrogens with two attached hydrogens (primary N) is 1. The number of rotatable bonds is 7. The third kappa shape index (κ3) is 4.95. The van der Waals surface area contributed by atoms with E-state index in [9.17, 15) is 4.79 Å². The van der Waals surface area contributed by atoms with E-state index in [4.69, 9.17) is 5.73 Å². The van der Waals surface area contributed by atoms with E-state index >= 15 is 0 Å². The highest BCUT2D eigenvalue weighted by molar-refractivity contribution is 6.00. The quantitative estimate of drug-likeness (QED) is 0.455. The van der Waals surface area contributed by atoms with E-state index in [-0.39, 0.29) is 5.56 Å². The van der Waals surface area contributed by atoms with Crippen molar-refractivity contribution >= 4 is 17.1 Å². The zero-order chi connectivity index (χ0) is 21.7. The van der Waals surface area contributed by atoms with Gasteiger partial charge >= 0.3 is 0 Å². The Kier molecular flexibility index (Phi) is 6.67. The first-order chi connectivity index (χ1) is 14.4. The van der Waals surface area contributed by atoms with Gasteiger partial charge in [0.25, 0.3) is 5.56 Å². The Balaban J connectivity index is 1.86. The van der Waals surface area contributed by atoms with Gasteiger partial charge in [-0.3, -0.25) is 4.79 Å². The molecule has 0 fully saturated rings. The summed E-state index contributed by atoms with van der Waals surface area (Å²) < 4.78 is 1.39. The maximum Gasteiger partial charge on any atom is 0.274 e. The Bertz CT molecular complexity index is 1110. The fraction of sp³-hybridized carbons (Fsp3) is 0.292. The van der Waals surface area contributed by atoms with Gasteiger partial charge in [0.15, 0.2) is 0 Å². The molecule has 0 unspecified atom stereocenters. The Morgan fingerprint density at radius 1 is 1.10 bits per heavy atom. The van der Waals surface area contributed by atoms with Gasteiger partial charge in [-0.25, -0.2) is 4.98 Å². The molecule has 0 radical (unpaired) electrons. The molecular formula is C24H29N5O. The molecule has 0 saturated carbocycles. The molecule has 156 valence electrons. The molecule has 0 spiro atoms. The summed E-state index contributed by atoms with van der Waals surface area (Å²) in [5.74, 6) is 0.561. The number of hydrogen-bond donors (Lipinski definition) is 2. The number of anilines is 2. The normalized spacial score (nSPS) is 11.5. The fourth-order valence-corrected chi connectivity index (χ4v) is 3.34. The topological polar surface area (TPSA) is 85.3 Å². The predicted octanol–water partition coefficient (Wildman–Crippen LogP) is 4.28. The molecule has 0 atom stereocenters. The highest BCUT2D eigenvalue weighted by Crippen LogP contribution is 2.15. The van der Waals surface area contributed by atoms with Gasteiger partial charge in [-0.15, -0.1) is 0 Å². The van der Waals surface area contributed by atoms with Gasteiger partial charge in [0, 0.05) is 17.4 Å². The number of nitrogens with zero attached hydrogens (tertiary/aromatic N) is 3. The third-order valence-corrected chi connectivity index (χ3v) is 5.11. The molecule has 3 aromatic rings. The van der Waals surface area contributed by atoms with Crippen molar-refractivity contribution in [3.8, 4) is 0 Å². The minimum atomic E-state index is -0.189. The van der Waals surface area contributed by atoms with Crippen LogP contribution in [0.1, 0.15) is 48.5 Å². The lowest BCUT2D eigenvalue weighted by molar-refractivity contribution is 0.732. The van der Waals surface area contributed by atoms with E-state index in [1.807, 2.05) is 31.2 Å². The van der Waals surface area contributed by atoms with Gasteiger partial charge in [0.1, 0.15) is 5.82 Å². The molecule has 0 aliphatic rings. The van der Waals surface area contributed by atoms with E-state index in [1.165, 1.54) is 21.9 Å². The van der Waals surface area contributed by atoms with Crippen LogP contribution in [0.5, 0.6) is 0 Å². The minimum Gasteiger partial charge on any atom is -0.399 e. The van der Waals surface area contributed by atoms with Gasteiger partial charge in [-0.05, 0) is 73.7 Å². The summed E-state index contributed by atoms with van der Waals surface area (Å²) in [6, 6.07) is 15.3. The van der Waals surface area contributed by atoms with Gasteiger partial charge in [-0.1, -0.05) is 26.0 Å². The molecule has 3 N–H and O–H groups in total. The molecule has 0 amide bonds. The van der Waals surface area contributed by atoms with Crippen molar-refractivity contribution in [3.05, 3.63) is 87.1 Å². The molecule has 6 nitrogen and oxygen atoms in total. The Labute approximate surface area is 177 Å². The molecular weight excluding hydrogens is 374 g/mol. The Morgan fingerprint density at radius 3 is 2.47 bits per heavy atom. The number of nitrogen functional groups attached to an aromatic ring is 1. The van der Waals surface area contributed by atoms with Crippen LogP contribution in [0.25, 0.3) is 0 Å². The van der Waals surface area contributed by atoms with Crippen molar-refractivity contribution in [3.63, 3.8) is 0 Å². The summed E-state index contributed by atoms with van der Waals surface area (Å²) in [4.78, 5) is 17.3. The smallest absolute Gasteiger partial charge is 0.274 e. The van der Waals surface area contributed by atoms with Crippen molar-refractivity contribution in [2.24, 2.45) is 5.10 Å². The van der Waals surface area contributed by atoms with Crippen molar-refractivity contribution in [1.82, 2.24) is 9.66 Å². The molecule has 2 aromatic carbocycles. The summed E-state index contributed by atoms with van der Waals surface area (Å²) in [5, 5.41) is 7.90. The Morgan fingerprint density at radius 2 is 1.83 bits per heavy atom. The van der Waals surface area contributed by atoms with E-state index in [1.54, 1.807) is 6.92 Å². The third-order valence-electron chi connectivity index (χ3n) is 5.11. The maximum absolute atomic E-state index is 12.7. The zero-order valence-corrected chi connectivity index (χ0v) is 18.1. The molecule has 6 heteroatoms. The second-order valence-electron chi connectivity index (χ2n) is 7.32. The molecule has 0 bridgehead atoms. The molecule has 0 saturated heterocycles. The molecule has 30 heavy (non-hydrogen) atoms. The lowest BCUT2D eigenvalue weighted by Crippen LogP contribution is -2.23. The highest BCUT2D eigenvalue weighted by Gasteiger charge is 2.09. The number of nitrogens with one attached hydrogen (secondary N) is 1. The van der Waals surface area contributed by atoms with Crippen LogP contribution in [0.4, 0.5) is 11.4 Å². The van der Waals surface area contributed by atoms with Crippen molar-refractivity contribution in [2.45, 2.75) is 47.1 Å². The average molecular weight is 404 g/mol. The van der Waals surface area contributed by atoms with Crippen molar-refractivity contribution in [1.29, 1.82) is 0 Å². The summed E-state index contributed by atoms with van der Waals surface area (Å²) in [6.07, 6.45) is 1.69. The second-order valence-corrected chi connectivity index (χ2v) is 7.32. The van der Waals surface area contributed by atoms with E-state index in [2.05, 4.69) is 47.4 Å². The monoisotopic (exact) mass is 403 g/mol. The number of benzene rings is 2. The summed E-state index contributed by atoms with van der Waals surface area (Å²) in [6.45, 7) is 8.55. The zero-order valence-electron chi connectivity index (χ0n) is 18.1. The average Bonchev–Trinajstić information content (AvgIpc) is 2.73. The lowest BCUT2D eigenvalue weighted by atomic mass is 9.99. The van der Waals surface area contributed by atoms with Gasteiger partial charge in [0.2, 0.25) is 0 Å². The Hall–Kier alpha value is -3.41. The van der Waals surface area contributed by atoms with E-state index < -0.39 is 0 Å². The number of hydrogen-bond acceptors (Lipinski definition) is 5. The van der Waals surface area contributed by atoms with Crippen molar-refractivity contribution < 1.29 is 0 Å². The maximum atomic E-state index is 12.7. The van der Waals surface area contributed by atoms with E-state index in [0.717, 1.165) is 29.8 Å². The molecule has 3 rings (SSSR count). The van der Waals surface area contributed by atoms with Crippen LogP contribution in [0.2, 0.25) is 0 Å². The van der Waals surface area contributed by atoms with Crippen LogP contribution in [-0.2, 0) is 13.0 Å². The first-order valence-corrected chi connectivity index (χ1v) is 10.3. The standard InChI is InChI=1S/C24H29N5O/c1-5-18-13-19(8-7-16(18)3)23(6-2)28-29-17(4)27-22(14-24(29)30)15-26-21-11-9-20(25)10-12-21/h7-14,26H,5-6,15,25H2,1-4H3. The minimum absolute atomic E-state index is 0.189. The first kappa shape index (κ1) is 21.3. The summed E-state index contributed by atoms with van der Waals surface area (Å²) in [7, 11) is 0. The van der Waals surface area contributed by atoms with Gasteiger partial charge < -0.3 is 11.1 Å². The number of aromatic nitrogens is 2. The predicted molar refractivity (Wildman–Crippen MR) is 124 cm³/mol. The van der Waals surface area contributed by atoms with Gasteiger partial charge in [0.05, 0.1) is 18.0 Å². The van der Waals surface area contributed by atoms with Crippen molar-refractivity contribution in [2.75, 3.05) is 11.1 Å². The molecule has 1 heterocycles. The SMILES string of the molecule is CCC(=Nn1c(C)nc(CNc2ccc(N)cc2)cc1=O)c1ccc(C)c(CC)c1. The number of aryl methyl sites for hydroxylation is 3. The van der Waals surface area contributed by atoms with E-state index in [0.29, 0.717) is 23.8 Å². The molecule has 0 aliphatic carbocycles. The van der Waals surface area contributed by atoms with Gasteiger partial charge in [-0.2, -0.15) is 9.78 Å². The fourth-order valence-electron chi connectivity index (χ4n) is 3.34. The largest absolute Gasteiger partial charge is 0.399 e. The first-order valence-electron chi connectivity index (χ1n) is 10.3. The van der Waals surface area contributed by atoms with Crippen LogP contribution < -0.4 is 16.6 Å². The molecule has 0 aliphatic heterocycles. The lowest BCUT2D eigenvalue weighted by Gasteiger charge is -2.12. The highest BCUT2D eigenvalue weighted by atomic mass is 16.1. The van der Waals surface area contributed by atoms with Crippen LogP contribution in [0, 0.1) is 13.8 Å². The van der Waals surface area contributed by atoms with Crippen LogP contribution in [0.3, 0.4) is 0 Å². The van der Waals surface area contributed by atoms with Crippen LogP contribution in [0.15, 0.2) is 58.4 Å². The molecule has 1 aromatic heterocycles. The summed E-state index contributed by atoms with van der Waals surface area (Å²) >= 11 is 0. The second kappa shape index (κ2) is 9.39. The summed E-state index contributed by atoms with van der Waals surface area (Å²) in [5.41, 5.74) is 12.3. The van der Waals surface area contributed by atoms with Crippen LogP contribution in [-0.4, -0.2) is 15.4 Å².